The standard InChI is InChI=1S/C105H160N2O22Si/c1-24-75-62(7)63(8)87(129-130(25-2,26-3)27-4)95(118-75)125-90-85(122-92-64(9)61(6)60(5)53-115-92)66(11)83(68(13)109)121-96(90)120-80-46-47-101(19)78(102(80,20)59-108)45-48-103(21)79(101)44-43-73-74-51-99(15,16)49-50-105(74,81(111-23)52-104(73,103)22)107-98(110)126-94-86(65(10)82(106)76(119-94)57-112-54-70-37-31-28-32-38-70)123-97-91-89(127-100(17,18)128-91)88(69(14)117-97)124-93-67(12)84(114-56-72-41-35-30-36-42-72)77(58-116-93)113-55-71-39-33-29-34-40-71/h28-43,59-67,69,74-97H,24-27,44-58,106H2,1-23H3,(H,107,110)/t60-,61-,62+,63+,64?,65?,66-,67?,69?,74?,75?,76?,77-,78-,79?,80+,81?,82-,83?,84?,85+,86?,87?,88+,89?,90?,91?,92+,93+,94+,95+,96-,97+,101?,102-,103+,104-,105-/m1/s1. The van der Waals surface area contributed by atoms with Gasteiger partial charge in [-0.3, -0.25) is 4.79 Å². The molecule has 25 heteroatoms. The van der Waals surface area contributed by atoms with Crippen LogP contribution in [0.5, 0.6) is 0 Å². The maximum Gasteiger partial charge on any atom is 0.410 e. The number of alkyl carbamates (subject to hydrolysis) is 1. The molecule has 12 aliphatic rings. The third-order valence-electron chi connectivity index (χ3n) is 35.5. The molecule has 5 aliphatic carbocycles. The summed E-state index contributed by atoms with van der Waals surface area (Å²) >= 11 is 0. The second kappa shape index (κ2) is 40.5. The molecule has 3 aromatic carbocycles. The minimum absolute atomic E-state index is 0.0241. The number of fused-ring (bicyclic) bond motifs is 8. The summed E-state index contributed by atoms with van der Waals surface area (Å²) in [6, 6.07) is 32.4. The molecule has 24 nitrogen and oxygen atoms in total. The van der Waals surface area contributed by atoms with Crippen LogP contribution in [0.4, 0.5) is 4.79 Å². The van der Waals surface area contributed by atoms with Gasteiger partial charge in [-0.05, 0) is 184 Å². The van der Waals surface area contributed by atoms with Crippen LogP contribution in [0.2, 0.25) is 18.1 Å². The van der Waals surface area contributed by atoms with E-state index in [0.717, 1.165) is 79.8 Å². The first-order chi connectivity index (χ1) is 61.9. The summed E-state index contributed by atoms with van der Waals surface area (Å²) in [5.74, 6) is -1.79. The Morgan fingerprint density at radius 1 is 0.546 bits per heavy atom. The number of carbonyl (C=O) groups is 3. The quantitative estimate of drug-likeness (QED) is 0.0262. The van der Waals surface area contributed by atoms with Gasteiger partial charge in [0.1, 0.15) is 55.1 Å². The minimum atomic E-state index is -2.27. The number of aldehydes is 1. The Kier molecular flexibility index (Phi) is 31.1. The van der Waals surface area contributed by atoms with Crippen LogP contribution in [0, 0.1) is 92.2 Å². The summed E-state index contributed by atoms with van der Waals surface area (Å²) in [7, 11) is -0.468. The van der Waals surface area contributed by atoms with E-state index < -0.39 is 178 Å². The van der Waals surface area contributed by atoms with E-state index in [2.05, 4.69) is 134 Å². The first-order valence-corrected chi connectivity index (χ1v) is 52.4. The van der Waals surface area contributed by atoms with Gasteiger partial charge < -0.3 is 106 Å². The summed E-state index contributed by atoms with van der Waals surface area (Å²) in [5.41, 5.74) is 8.59. The summed E-state index contributed by atoms with van der Waals surface area (Å²) < 4.78 is 134. The van der Waals surface area contributed by atoms with E-state index in [0.29, 0.717) is 57.5 Å². The van der Waals surface area contributed by atoms with Crippen LogP contribution >= 0.6 is 0 Å². The molecule has 17 unspecified atom stereocenters. The molecule has 0 spiro atoms. The predicted molar refractivity (Wildman–Crippen MR) is 494 cm³/mol. The number of Topliss-reactive ketones (excluding diaryl/α,β-unsaturated/α-hetero) is 1. The lowest BCUT2D eigenvalue weighted by Crippen LogP contribution is -2.73. The number of nitrogens with two attached hydrogens (primary N) is 1. The fourth-order valence-electron chi connectivity index (χ4n) is 26.4. The Bertz CT molecular complexity index is 4250. The van der Waals surface area contributed by atoms with E-state index in [9.17, 15) is 9.59 Å². The lowest BCUT2D eigenvalue weighted by molar-refractivity contribution is -0.376. The molecule has 38 atom stereocenters. The van der Waals surface area contributed by atoms with E-state index in [1.54, 1.807) is 14.0 Å². The molecule has 3 aromatic rings. The summed E-state index contributed by atoms with van der Waals surface area (Å²) in [5, 5.41) is 3.66. The van der Waals surface area contributed by atoms with Crippen LogP contribution in [0.3, 0.4) is 0 Å². The van der Waals surface area contributed by atoms with E-state index in [1.165, 1.54) is 11.9 Å². The molecular weight excluding hydrogens is 1670 g/mol. The van der Waals surface area contributed by atoms with Gasteiger partial charge in [-0.2, -0.15) is 0 Å². The maximum atomic E-state index is 16.0. The van der Waals surface area contributed by atoms with Gasteiger partial charge in [-0.25, -0.2) is 4.79 Å². The Morgan fingerprint density at radius 3 is 1.78 bits per heavy atom. The van der Waals surface area contributed by atoms with Crippen LogP contribution in [0.1, 0.15) is 233 Å². The molecule has 130 heavy (non-hydrogen) atoms. The highest BCUT2D eigenvalue weighted by Crippen LogP contribution is 2.75. The lowest BCUT2D eigenvalue weighted by Gasteiger charge is -2.72. The number of allylic oxidation sites excluding steroid dienone is 1. The van der Waals surface area contributed by atoms with Gasteiger partial charge in [0.05, 0.1) is 93.3 Å². The second-order valence-corrected chi connectivity index (χ2v) is 48.7. The number of benzene rings is 3. The van der Waals surface area contributed by atoms with Crippen molar-refractivity contribution in [3.05, 3.63) is 119 Å². The number of hydrogen-bond acceptors (Lipinski definition) is 23. The van der Waals surface area contributed by atoms with Gasteiger partial charge in [-0.1, -0.05) is 227 Å². The van der Waals surface area contributed by atoms with Gasteiger partial charge in [0.2, 0.25) is 6.29 Å². The SMILES string of the molecule is CCC1O[C@@H](OC2[C@H](O[C@H]3CCC4(C)C5CC=C6C7CC(C)(C)CC[C@]7(NC(=O)O[C@@H]7OC(COCc8ccccc8)[C@H](N)C(C)C7O[C@@H]7OC(C)[C@H](O[C@@H]8OC[C@@H](OCc9ccccc9)C(OCc9ccccc9)C8C)C8OC(C)(C)OC87)C(OC)C[C@@]6(C)[C@@]5(C)CC[C@H]4[C@@]3(C)C=O)OC(C(C)=O)[C@@H](C)[C@@H]2O[C@@H]2OC[C@@H](C)[C@@H](C)C2C)C(O[Si](CC)(CC)CC)[C@@H](C)[C@@H]1C. The normalized spacial score (nSPS) is 44.6. The van der Waals surface area contributed by atoms with Gasteiger partial charge in [0.25, 0.3) is 0 Å². The average molecular weight is 1830 g/mol. The third kappa shape index (κ3) is 19.5. The monoisotopic (exact) mass is 1830 g/mol. The van der Waals surface area contributed by atoms with Crippen molar-refractivity contribution in [3.8, 4) is 0 Å². The molecule has 7 heterocycles. The zero-order valence-corrected chi connectivity index (χ0v) is 83.4. The number of rotatable bonds is 31. The molecule has 4 saturated carbocycles. The first-order valence-electron chi connectivity index (χ1n) is 49.9. The van der Waals surface area contributed by atoms with Gasteiger partial charge in [0.15, 0.2) is 51.3 Å². The molecule has 0 radical (unpaired) electrons. The molecular formula is C105H160N2O22Si. The summed E-state index contributed by atoms with van der Waals surface area (Å²) in [6.45, 7) is 49.7. The zero-order chi connectivity index (χ0) is 93.1. The summed E-state index contributed by atoms with van der Waals surface area (Å²) in [6.07, 6.45) is -5.04. The van der Waals surface area contributed by atoms with Gasteiger partial charge in [-0.15, -0.1) is 0 Å². The van der Waals surface area contributed by atoms with Crippen molar-refractivity contribution in [1.82, 2.24) is 5.32 Å². The van der Waals surface area contributed by atoms with Crippen molar-refractivity contribution < 1.29 is 104 Å². The van der Waals surface area contributed by atoms with E-state index in [4.69, 9.17) is 95.4 Å². The third-order valence-corrected chi connectivity index (χ3v) is 40.1. The average Bonchev–Trinajstić information content (AvgIpc) is 0.986. The Hall–Kier alpha value is -4.53. The Balaban J connectivity index is 0.692. The van der Waals surface area contributed by atoms with Crippen LogP contribution in [0.25, 0.3) is 0 Å². The molecule has 7 saturated heterocycles. The maximum absolute atomic E-state index is 16.0. The minimum Gasteiger partial charge on any atom is -0.417 e. The highest BCUT2D eigenvalue weighted by molar-refractivity contribution is 6.73. The van der Waals surface area contributed by atoms with Crippen LogP contribution in [-0.4, -0.2) is 200 Å². The van der Waals surface area contributed by atoms with E-state index in [-0.39, 0.29) is 82.8 Å². The highest BCUT2D eigenvalue weighted by atomic mass is 28.4. The van der Waals surface area contributed by atoms with Crippen LogP contribution < -0.4 is 11.1 Å². The van der Waals surface area contributed by atoms with Crippen molar-refractivity contribution in [1.29, 1.82) is 0 Å². The second-order valence-electron chi connectivity index (χ2n) is 44.0. The summed E-state index contributed by atoms with van der Waals surface area (Å²) in [4.78, 5) is 45.2. The smallest absolute Gasteiger partial charge is 0.410 e. The van der Waals surface area contributed by atoms with Crippen molar-refractivity contribution in [2.24, 2.45) is 97.9 Å². The van der Waals surface area contributed by atoms with Crippen LogP contribution in [-0.2, 0) is 119 Å². The number of carbonyl (C=O) groups excluding carboxylic acids is 3. The number of hydrogen-bond donors (Lipinski definition) is 2. The Labute approximate surface area is 777 Å². The van der Waals surface area contributed by atoms with Crippen LogP contribution in [0.15, 0.2) is 103 Å². The van der Waals surface area contributed by atoms with Gasteiger partial charge >= 0.3 is 6.09 Å². The number of ether oxygens (including phenoxy) is 18. The molecule has 3 N–H and O–H groups in total. The fraction of sp³-hybridized carbons (Fsp3) is 0.781. The lowest BCUT2D eigenvalue weighted by atomic mass is 9.34. The van der Waals surface area contributed by atoms with E-state index in [1.807, 2.05) is 113 Å². The van der Waals surface area contributed by atoms with E-state index >= 15 is 4.79 Å². The zero-order valence-electron chi connectivity index (χ0n) is 82.4. The number of nitrogens with one attached hydrogen (secondary N) is 1. The number of methoxy groups -OCH3 is 1. The van der Waals surface area contributed by atoms with Crippen molar-refractivity contribution in [3.63, 3.8) is 0 Å². The predicted octanol–water partition coefficient (Wildman–Crippen LogP) is 18.3. The molecule has 0 bridgehead atoms. The molecule has 726 valence electrons. The first kappa shape index (κ1) is 99.9. The topological polar surface area (TPSA) is 265 Å². The number of amides is 1. The molecule has 0 aromatic heterocycles. The number of ketones is 1. The van der Waals surface area contributed by atoms with Crippen molar-refractivity contribution >= 4 is 26.5 Å². The van der Waals surface area contributed by atoms with Gasteiger partial charge in [0, 0.05) is 42.7 Å². The highest BCUT2D eigenvalue weighted by Gasteiger charge is 2.72. The largest absolute Gasteiger partial charge is 0.417 e. The molecule has 7 aliphatic heterocycles. The molecule has 15 rings (SSSR count). The Morgan fingerprint density at radius 2 is 1.15 bits per heavy atom. The molecule has 1 amide bonds. The fourth-order valence-corrected chi connectivity index (χ4v) is 29.3. The van der Waals surface area contributed by atoms with Crippen molar-refractivity contribution in [2.45, 2.75) is 401 Å². The van der Waals surface area contributed by atoms with Crippen molar-refractivity contribution in [2.75, 3.05) is 26.9 Å². The molecule has 11 fully saturated rings.